The van der Waals surface area contributed by atoms with Crippen LogP contribution in [0.25, 0.3) is 0 Å². The Balaban J connectivity index is 2.08. The first kappa shape index (κ1) is 17.7. The molecule has 6 nitrogen and oxygen atoms in total. The highest BCUT2D eigenvalue weighted by molar-refractivity contribution is 6.30. The summed E-state index contributed by atoms with van der Waals surface area (Å²) >= 11 is 5.93. The van der Waals surface area contributed by atoms with Gasteiger partial charge in [-0.3, -0.25) is 9.78 Å². The lowest BCUT2D eigenvalue weighted by molar-refractivity contribution is -0.140. The van der Waals surface area contributed by atoms with Gasteiger partial charge in [0, 0.05) is 36.2 Å². The minimum atomic E-state index is -0.370. The molecule has 0 bridgehead atoms. The zero-order valence-corrected chi connectivity index (χ0v) is 14.0. The van der Waals surface area contributed by atoms with Crippen molar-refractivity contribution in [3.8, 4) is 0 Å². The van der Waals surface area contributed by atoms with Crippen LogP contribution in [-0.4, -0.2) is 35.5 Å². The highest BCUT2D eigenvalue weighted by Gasteiger charge is 2.16. The number of urea groups is 1. The van der Waals surface area contributed by atoms with E-state index in [0.29, 0.717) is 17.3 Å². The van der Waals surface area contributed by atoms with Gasteiger partial charge in [-0.2, -0.15) is 0 Å². The molecule has 2 amide bonds. The van der Waals surface area contributed by atoms with Crippen molar-refractivity contribution >= 4 is 29.3 Å². The number of pyridine rings is 1. The number of ether oxygens (including phenoxy) is 1. The molecule has 0 aliphatic rings. The average Bonchev–Trinajstić information content (AvgIpc) is 2.59. The van der Waals surface area contributed by atoms with E-state index >= 15 is 0 Å². The quantitative estimate of drug-likeness (QED) is 0.813. The first-order chi connectivity index (χ1) is 11.6. The summed E-state index contributed by atoms with van der Waals surface area (Å²) in [6.45, 7) is 0.591. The maximum absolute atomic E-state index is 12.5. The van der Waals surface area contributed by atoms with Crippen LogP contribution in [0.15, 0.2) is 48.8 Å². The predicted molar refractivity (Wildman–Crippen MR) is 91.8 cm³/mol. The molecular formula is C17H18ClN3O3. The molecule has 1 aromatic carbocycles. The number of esters is 1. The normalized spacial score (nSPS) is 10.1. The number of carbonyl (C=O) groups is 2. The summed E-state index contributed by atoms with van der Waals surface area (Å²) in [5.41, 5.74) is 1.50. The molecule has 24 heavy (non-hydrogen) atoms. The highest BCUT2D eigenvalue weighted by Crippen LogP contribution is 2.16. The summed E-state index contributed by atoms with van der Waals surface area (Å²) in [6.07, 6.45) is 3.43. The maximum Gasteiger partial charge on any atom is 0.322 e. The number of rotatable bonds is 6. The maximum atomic E-state index is 12.5. The van der Waals surface area contributed by atoms with E-state index in [2.05, 4.69) is 15.0 Å². The number of methoxy groups -OCH3 is 1. The van der Waals surface area contributed by atoms with Gasteiger partial charge in [-0.25, -0.2) is 4.79 Å². The van der Waals surface area contributed by atoms with E-state index in [-0.39, 0.29) is 25.0 Å². The van der Waals surface area contributed by atoms with Crippen molar-refractivity contribution in [3.63, 3.8) is 0 Å². The molecule has 1 N–H and O–H groups in total. The standard InChI is InChI=1S/C17H18ClN3O3/c1-24-16(22)7-10-21(12-13-5-8-19-9-6-13)17(23)20-15-4-2-3-14(18)11-15/h2-6,8-9,11H,7,10,12H2,1H3,(H,20,23). The van der Waals surface area contributed by atoms with Crippen LogP contribution in [0, 0.1) is 0 Å². The van der Waals surface area contributed by atoms with Crippen molar-refractivity contribution in [1.29, 1.82) is 0 Å². The summed E-state index contributed by atoms with van der Waals surface area (Å²) in [7, 11) is 1.32. The highest BCUT2D eigenvalue weighted by atomic mass is 35.5. The fraction of sp³-hybridized carbons (Fsp3) is 0.235. The molecule has 7 heteroatoms. The number of aromatic nitrogens is 1. The number of hydrogen-bond donors (Lipinski definition) is 1. The Labute approximate surface area is 145 Å². The van der Waals surface area contributed by atoms with Gasteiger partial charge in [0.15, 0.2) is 0 Å². The summed E-state index contributed by atoms with van der Waals surface area (Å²) < 4.78 is 4.64. The Bertz CT molecular complexity index is 694. The molecule has 2 aromatic rings. The molecular weight excluding hydrogens is 330 g/mol. The fourth-order valence-electron chi connectivity index (χ4n) is 2.06. The number of halogens is 1. The van der Waals surface area contributed by atoms with Gasteiger partial charge in [0.1, 0.15) is 0 Å². The molecule has 1 heterocycles. The third-order valence-corrected chi connectivity index (χ3v) is 3.53. The number of benzene rings is 1. The van der Waals surface area contributed by atoms with Gasteiger partial charge in [0.2, 0.25) is 0 Å². The monoisotopic (exact) mass is 347 g/mol. The number of carbonyl (C=O) groups excluding carboxylic acids is 2. The molecule has 0 spiro atoms. The van der Waals surface area contributed by atoms with Crippen LogP contribution in [0.2, 0.25) is 5.02 Å². The lowest BCUT2D eigenvalue weighted by Gasteiger charge is -2.23. The molecule has 0 fully saturated rings. The van der Waals surface area contributed by atoms with Crippen LogP contribution in [0.1, 0.15) is 12.0 Å². The molecule has 2 rings (SSSR count). The minimum Gasteiger partial charge on any atom is -0.469 e. The first-order valence-electron chi connectivity index (χ1n) is 7.35. The second kappa shape index (κ2) is 8.88. The largest absolute Gasteiger partial charge is 0.469 e. The molecule has 1 aromatic heterocycles. The van der Waals surface area contributed by atoms with E-state index < -0.39 is 0 Å². The topological polar surface area (TPSA) is 71.5 Å². The van der Waals surface area contributed by atoms with Crippen LogP contribution in [-0.2, 0) is 16.1 Å². The zero-order valence-electron chi connectivity index (χ0n) is 13.2. The lowest BCUT2D eigenvalue weighted by atomic mass is 10.2. The molecule has 0 atom stereocenters. The van der Waals surface area contributed by atoms with Crippen molar-refractivity contribution in [3.05, 3.63) is 59.4 Å². The van der Waals surface area contributed by atoms with E-state index in [1.165, 1.54) is 12.0 Å². The Morgan fingerprint density at radius 2 is 2.00 bits per heavy atom. The second-order valence-electron chi connectivity index (χ2n) is 5.04. The number of nitrogens with one attached hydrogen (secondary N) is 1. The Morgan fingerprint density at radius 3 is 2.67 bits per heavy atom. The van der Waals surface area contributed by atoms with Crippen LogP contribution in [0.3, 0.4) is 0 Å². The van der Waals surface area contributed by atoms with Crippen molar-refractivity contribution in [1.82, 2.24) is 9.88 Å². The van der Waals surface area contributed by atoms with E-state index in [0.717, 1.165) is 5.56 Å². The van der Waals surface area contributed by atoms with Gasteiger partial charge < -0.3 is 15.0 Å². The van der Waals surface area contributed by atoms with Gasteiger partial charge in [-0.1, -0.05) is 17.7 Å². The van der Waals surface area contributed by atoms with Gasteiger partial charge in [-0.15, -0.1) is 0 Å². The second-order valence-corrected chi connectivity index (χ2v) is 5.48. The molecule has 0 radical (unpaired) electrons. The van der Waals surface area contributed by atoms with E-state index in [1.807, 2.05) is 12.1 Å². The van der Waals surface area contributed by atoms with Crippen LogP contribution in [0.4, 0.5) is 10.5 Å². The van der Waals surface area contributed by atoms with Crippen molar-refractivity contribution in [2.45, 2.75) is 13.0 Å². The summed E-state index contributed by atoms with van der Waals surface area (Å²) in [4.78, 5) is 29.4. The Hall–Kier alpha value is -2.60. The van der Waals surface area contributed by atoms with Crippen molar-refractivity contribution in [2.75, 3.05) is 19.0 Å². The Kier molecular flexibility index (Phi) is 6.57. The van der Waals surface area contributed by atoms with E-state index in [9.17, 15) is 9.59 Å². The fourth-order valence-corrected chi connectivity index (χ4v) is 2.25. The smallest absolute Gasteiger partial charge is 0.322 e. The molecule has 0 saturated carbocycles. The van der Waals surface area contributed by atoms with Crippen molar-refractivity contribution < 1.29 is 14.3 Å². The number of anilines is 1. The van der Waals surface area contributed by atoms with Gasteiger partial charge in [0.05, 0.1) is 13.5 Å². The molecule has 0 aliphatic carbocycles. The van der Waals surface area contributed by atoms with Crippen LogP contribution < -0.4 is 5.32 Å². The summed E-state index contributed by atoms with van der Waals surface area (Å²) in [6, 6.07) is 10.2. The van der Waals surface area contributed by atoms with Gasteiger partial charge in [-0.05, 0) is 35.9 Å². The summed E-state index contributed by atoms with van der Waals surface area (Å²) in [5, 5.41) is 3.31. The van der Waals surface area contributed by atoms with Gasteiger partial charge >= 0.3 is 12.0 Å². The number of amides is 2. The average molecular weight is 348 g/mol. The summed E-state index contributed by atoms with van der Waals surface area (Å²) in [5.74, 6) is -0.370. The third kappa shape index (κ3) is 5.55. The van der Waals surface area contributed by atoms with E-state index in [4.69, 9.17) is 11.6 Å². The number of nitrogens with zero attached hydrogens (tertiary/aromatic N) is 2. The third-order valence-electron chi connectivity index (χ3n) is 3.30. The zero-order chi connectivity index (χ0) is 17.4. The van der Waals surface area contributed by atoms with Crippen LogP contribution in [0.5, 0.6) is 0 Å². The lowest BCUT2D eigenvalue weighted by Crippen LogP contribution is -2.36. The molecule has 0 aliphatic heterocycles. The molecule has 0 unspecified atom stereocenters. The molecule has 0 saturated heterocycles. The van der Waals surface area contributed by atoms with Gasteiger partial charge in [0.25, 0.3) is 0 Å². The minimum absolute atomic E-state index is 0.116. The van der Waals surface area contributed by atoms with Crippen LogP contribution >= 0.6 is 11.6 Å². The SMILES string of the molecule is COC(=O)CCN(Cc1ccncc1)C(=O)Nc1cccc(Cl)c1. The van der Waals surface area contributed by atoms with Crippen molar-refractivity contribution in [2.24, 2.45) is 0 Å². The predicted octanol–water partition coefficient (Wildman–Crippen LogP) is 3.33. The number of hydrogen-bond acceptors (Lipinski definition) is 4. The Morgan fingerprint density at radius 1 is 1.25 bits per heavy atom. The molecule has 126 valence electrons. The first-order valence-corrected chi connectivity index (χ1v) is 7.73. The van der Waals surface area contributed by atoms with E-state index in [1.54, 1.807) is 36.7 Å².